The highest BCUT2D eigenvalue weighted by molar-refractivity contribution is 7.99. The number of aromatic nitrogens is 1. The van der Waals surface area contributed by atoms with E-state index in [9.17, 15) is 4.79 Å². The second-order valence-electron chi connectivity index (χ2n) is 6.13. The minimum Gasteiger partial charge on any atom is -0.346 e. The molecule has 0 unspecified atom stereocenters. The average molecular weight is 385 g/mol. The lowest BCUT2D eigenvalue weighted by Crippen LogP contribution is -3.06. The van der Waals surface area contributed by atoms with Crippen LogP contribution in [0.15, 0.2) is 76.1 Å². The normalized spacial score (nSPS) is 12.1. The summed E-state index contributed by atoms with van der Waals surface area (Å²) in [6.45, 7) is 0.589. The molecule has 0 saturated carbocycles. The maximum Gasteiger partial charge on any atom is 0.254 e. The molecule has 0 saturated heterocycles. The van der Waals surface area contributed by atoms with Gasteiger partial charge in [-0.25, -0.2) is 4.98 Å². The molecule has 6 heteroatoms. The van der Waals surface area contributed by atoms with E-state index in [1.807, 2.05) is 42.5 Å². The molecule has 2 aromatic heterocycles. The zero-order valence-corrected chi connectivity index (χ0v) is 16.4. The van der Waals surface area contributed by atoms with Gasteiger partial charge in [0.2, 0.25) is 0 Å². The minimum absolute atomic E-state index is 0.0839. The summed E-state index contributed by atoms with van der Waals surface area (Å²) in [4.78, 5) is 20.8. The van der Waals surface area contributed by atoms with E-state index in [2.05, 4.69) is 35.8 Å². The highest BCUT2D eigenvalue weighted by atomic mass is 32.2. The molecule has 0 radical (unpaired) electrons. The van der Waals surface area contributed by atoms with E-state index in [0.29, 0.717) is 12.1 Å². The van der Waals surface area contributed by atoms with Crippen LogP contribution < -0.4 is 10.2 Å². The summed E-state index contributed by atoms with van der Waals surface area (Å²) in [7, 11) is 4.22. The van der Waals surface area contributed by atoms with Crippen LogP contribution in [0.4, 0.5) is 0 Å². The Bertz CT molecular complexity index is 835. The van der Waals surface area contributed by atoms with Gasteiger partial charge in [0.05, 0.1) is 31.1 Å². The van der Waals surface area contributed by atoms with Crippen molar-refractivity contribution >= 4 is 29.0 Å². The molecule has 1 aromatic carbocycles. The van der Waals surface area contributed by atoms with E-state index in [1.165, 1.54) is 21.5 Å². The van der Waals surface area contributed by atoms with Gasteiger partial charge in [-0.2, -0.15) is 0 Å². The lowest BCUT2D eigenvalue weighted by atomic mass is 10.2. The molecule has 0 bridgehead atoms. The molecule has 0 fully saturated rings. The van der Waals surface area contributed by atoms with Gasteiger partial charge >= 0.3 is 0 Å². The Morgan fingerprint density at radius 2 is 1.96 bits per heavy atom. The van der Waals surface area contributed by atoms with Crippen LogP contribution in [0.3, 0.4) is 0 Å². The number of thiophene rings is 1. The topological polar surface area (TPSA) is 46.4 Å². The molecule has 0 aliphatic rings. The van der Waals surface area contributed by atoms with E-state index in [4.69, 9.17) is 0 Å². The predicted molar refractivity (Wildman–Crippen MR) is 107 cm³/mol. The van der Waals surface area contributed by atoms with E-state index in [-0.39, 0.29) is 11.9 Å². The summed E-state index contributed by atoms with van der Waals surface area (Å²) < 4.78 is 0. The smallest absolute Gasteiger partial charge is 0.254 e. The van der Waals surface area contributed by atoms with Gasteiger partial charge in [0.25, 0.3) is 5.91 Å². The molecule has 1 atom stereocenters. The van der Waals surface area contributed by atoms with Gasteiger partial charge < -0.3 is 10.2 Å². The summed E-state index contributed by atoms with van der Waals surface area (Å²) in [6.07, 6.45) is 1.72. The number of amides is 1. The van der Waals surface area contributed by atoms with Crippen LogP contribution in [-0.2, 0) is 0 Å². The van der Waals surface area contributed by atoms with Crippen molar-refractivity contribution in [2.24, 2.45) is 0 Å². The van der Waals surface area contributed by atoms with E-state index >= 15 is 0 Å². The van der Waals surface area contributed by atoms with Crippen molar-refractivity contribution in [1.82, 2.24) is 10.3 Å². The van der Waals surface area contributed by atoms with Crippen LogP contribution in [0.5, 0.6) is 0 Å². The minimum atomic E-state index is -0.0839. The highest BCUT2D eigenvalue weighted by Crippen LogP contribution is 2.28. The fourth-order valence-corrected chi connectivity index (χ4v) is 4.47. The van der Waals surface area contributed by atoms with Crippen molar-refractivity contribution in [3.8, 4) is 0 Å². The Balaban J connectivity index is 1.72. The number of nitrogens with one attached hydrogen (secondary N) is 2. The van der Waals surface area contributed by atoms with Crippen molar-refractivity contribution in [3.63, 3.8) is 0 Å². The number of carbonyl (C=O) groups is 1. The number of rotatable bonds is 7. The zero-order valence-electron chi connectivity index (χ0n) is 14.8. The summed E-state index contributed by atoms with van der Waals surface area (Å²) in [6, 6.07) is 18.0. The first-order valence-electron chi connectivity index (χ1n) is 8.44. The fraction of sp³-hybridized carbons (Fsp3) is 0.200. The zero-order chi connectivity index (χ0) is 18.4. The molecule has 3 aromatic rings. The second-order valence-corrected chi connectivity index (χ2v) is 8.17. The van der Waals surface area contributed by atoms with Gasteiger partial charge in [-0.15, -0.1) is 11.3 Å². The van der Waals surface area contributed by atoms with Crippen LogP contribution in [0.1, 0.15) is 21.3 Å². The largest absolute Gasteiger partial charge is 0.346 e. The Kier molecular flexibility index (Phi) is 6.44. The van der Waals surface area contributed by atoms with E-state index in [1.54, 1.807) is 23.6 Å². The summed E-state index contributed by atoms with van der Waals surface area (Å²) in [5.41, 5.74) is 0.611. The van der Waals surface area contributed by atoms with Gasteiger partial charge in [0.1, 0.15) is 11.1 Å². The first-order valence-corrected chi connectivity index (χ1v) is 10.1. The van der Waals surface area contributed by atoms with Crippen LogP contribution in [0.25, 0.3) is 0 Å². The van der Waals surface area contributed by atoms with Gasteiger partial charge in [-0.3, -0.25) is 4.79 Å². The summed E-state index contributed by atoms with van der Waals surface area (Å²) in [5, 5.41) is 5.88. The number of nitrogens with zero attached hydrogens (tertiary/aromatic N) is 1. The third-order valence-electron chi connectivity index (χ3n) is 4.02. The van der Waals surface area contributed by atoms with Crippen molar-refractivity contribution in [3.05, 3.63) is 76.6 Å². The van der Waals surface area contributed by atoms with Crippen LogP contribution in [0.2, 0.25) is 0 Å². The Hall–Kier alpha value is -2.15. The predicted octanol–water partition coefficient (Wildman–Crippen LogP) is 2.91. The average Bonchev–Trinajstić information content (AvgIpc) is 3.17. The van der Waals surface area contributed by atoms with E-state index < -0.39 is 0 Å². The first kappa shape index (κ1) is 18.6. The number of pyridine rings is 1. The van der Waals surface area contributed by atoms with Gasteiger partial charge in [0, 0.05) is 11.1 Å². The molecule has 2 heterocycles. The molecule has 4 nitrogen and oxygen atoms in total. The molecule has 3 rings (SSSR count). The number of benzene rings is 1. The number of quaternary nitrogens is 1. The number of likely N-dealkylation sites (N-methyl/N-ethyl adjacent to an activating group) is 1. The molecule has 0 spiro atoms. The monoisotopic (exact) mass is 384 g/mol. The van der Waals surface area contributed by atoms with Crippen molar-refractivity contribution in [1.29, 1.82) is 0 Å². The lowest BCUT2D eigenvalue weighted by Gasteiger charge is -2.21. The molecule has 1 amide bonds. The summed E-state index contributed by atoms with van der Waals surface area (Å²) >= 11 is 3.23. The lowest BCUT2D eigenvalue weighted by molar-refractivity contribution is -0.890. The second kappa shape index (κ2) is 8.98. The summed E-state index contributed by atoms with van der Waals surface area (Å²) in [5.74, 6) is -0.0839. The molecule has 0 aliphatic carbocycles. The number of hydrogen-bond donors (Lipinski definition) is 2. The molecular weight excluding hydrogens is 362 g/mol. The number of hydrogen-bond acceptors (Lipinski definition) is 4. The quantitative estimate of drug-likeness (QED) is 0.658. The molecule has 134 valence electrons. The van der Waals surface area contributed by atoms with Crippen molar-refractivity contribution < 1.29 is 9.69 Å². The van der Waals surface area contributed by atoms with Crippen LogP contribution in [-0.4, -0.2) is 31.5 Å². The fourth-order valence-electron chi connectivity index (χ4n) is 2.61. The SMILES string of the molecule is C[NH+](C)[C@H](CNC(=O)c1cccnc1Sc1ccccc1)c1cccs1. The first-order chi connectivity index (χ1) is 12.6. The number of carbonyl (C=O) groups excluding carboxylic acids is 1. The molecule has 2 N–H and O–H groups in total. The van der Waals surface area contributed by atoms with Crippen LogP contribution >= 0.6 is 23.1 Å². The highest BCUT2D eigenvalue weighted by Gasteiger charge is 2.21. The molecule has 0 aliphatic heterocycles. The van der Waals surface area contributed by atoms with Gasteiger partial charge in [-0.1, -0.05) is 36.0 Å². The van der Waals surface area contributed by atoms with Gasteiger partial charge in [-0.05, 0) is 35.7 Å². The molecular formula is C20H22N3OS2+. The Labute approximate surface area is 162 Å². The third-order valence-corrected chi connectivity index (χ3v) is 6.04. The maximum atomic E-state index is 12.8. The van der Waals surface area contributed by atoms with Crippen LogP contribution in [0, 0.1) is 0 Å². The standard InChI is InChI=1S/C20H21N3OS2/c1-23(2)17(18-11-7-13-25-18)14-22-19(24)16-10-6-12-21-20(16)26-15-8-4-3-5-9-15/h3-13,17H,14H2,1-2H3,(H,22,24)/p+1/t17-/m1/s1. The van der Waals surface area contributed by atoms with Gasteiger partial charge in [0.15, 0.2) is 0 Å². The van der Waals surface area contributed by atoms with Crippen molar-refractivity contribution in [2.75, 3.05) is 20.6 Å². The Morgan fingerprint density at radius 1 is 1.15 bits per heavy atom. The van der Waals surface area contributed by atoms with Crippen molar-refractivity contribution in [2.45, 2.75) is 16.0 Å². The van der Waals surface area contributed by atoms with E-state index in [0.717, 1.165) is 9.92 Å². The maximum absolute atomic E-state index is 12.8. The third kappa shape index (κ3) is 4.72. The Morgan fingerprint density at radius 3 is 2.65 bits per heavy atom. The molecule has 26 heavy (non-hydrogen) atoms.